The molecular weight excluding hydrogens is 272 g/mol. The summed E-state index contributed by atoms with van der Waals surface area (Å²) in [6.45, 7) is 5.40. The Balaban J connectivity index is 2.83. The van der Waals surface area contributed by atoms with Crippen LogP contribution in [0.3, 0.4) is 0 Å². The van der Waals surface area contributed by atoms with Gasteiger partial charge in [-0.25, -0.2) is 0 Å². The summed E-state index contributed by atoms with van der Waals surface area (Å²) in [5.74, 6) is 5.46. The van der Waals surface area contributed by atoms with Crippen molar-refractivity contribution in [2.45, 2.75) is 19.9 Å². The highest BCUT2D eigenvalue weighted by Crippen LogP contribution is 2.17. The zero-order chi connectivity index (χ0) is 15.1. The third kappa shape index (κ3) is 4.64. The van der Waals surface area contributed by atoms with Gasteiger partial charge in [-0.15, -0.1) is 11.3 Å². The van der Waals surface area contributed by atoms with Crippen molar-refractivity contribution >= 4 is 17.2 Å². The summed E-state index contributed by atoms with van der Waals surface area (Å²) in [5.41, 5.74) is 0.671. The second-order valence-electron chi connectivity index (χ2n) is 4.86. The number of aliphatic hydroxyl groups is 1. The van der Waals surface area contributed by atoms with Crippen molar-refractivity contribution in [2.75, 3.05) is 33.8 Å². The smallest absolute Gasteiger partial charge is 0.255 e. The number of nitrogens with zero attached hydrogens (tertiary/aromatic N) is 2. The molecule has 4 nitrogen and oxygen atoms in total. The van der Waals surface area contributed by atoms with E-state index in [1.54, 1.807) is 6.07 Å². The first-order chi connectivity index (χ1) is 9.49. The maximum Gasteiger partial charge on any atom is 0.255 e. The largest absolute Gasteiger partial charge is 0.384 e. The Hall–Kier alpha value is -1.35. The molecule has 0 spiro atoms. The molecule has 0 bridgehead atoms. The third-order valence-electron chi connectivity index (χ3n) is 2.90. The fourth-order valence-corrected chi connectivity index (χ4v) is 2.84. The van der Waals surface area contributed by atoms with E-state index >= 15 is 0 Å². The maximum absolute atomic E-state index is 12.5. The summed E-state index contributed by atoms with van der Waals surface area (Å²) in [7, 11) is 4.00. The number of aliphatic hydroxyl groups excluding tert-OH is 1. The molecule has 0 aliphatic carbocycles. The number of hydrogen-bond donors (Lipinski definition) is 1. The molecule has 0 fully saturated rings. The topological polar surface area (TPSA) is 43.8 Å². The molecule has 1 amide bonds. The van der Waals surface area contributed by atoms with Crippen molar-refractivity contribution in [1.29, 1.82) is 0 Å². The fourth-order valence-electron chi connectivity index (χ4n) is 2.09. The molecule has 0 saturated heterocycles. The number of amides is 1. The molecule has 0 aliphatic heterocycles. The molecule has 20 heavy (non-hydrogen) atoms. The number of carbonyl (C=O) groups excluding carboxylic acids is 1. The first kappa shape index (κ1) is 16.7. The van der Waals surface area contributed by atoms with Crippen LogP contribution in [-0.2, 0) is 0 Å². The highest BCUT2D eigenvalue weighted by Gasteiger charge is 2.21. The molecule has 5 heteroatoms. The second kappa shape index (κ2) is 8.05. The van der Waals surface area contributed by atoms with E-state index in [2.05, 4.69) is 23.7 Å². The van der Waals surface area contributed by atoms with Crippen LogP contribution < -0.4 is 0 Å². The van der Waals surface area contributed by atoms with Crippen LogP contribution in [0.1, 0.15) is 29.1 Å². The van der Waals surface area contributed by atoms with Crippen LogP contribution in [0.2, 0.25) is 0 Å². The van der Waals surface area contributed by atoms with Gasteiger partial charge in [-0.1, -0.05) is 11.8 Å². The highest BCUT2D eigenvalue weighted by atomic mass is 32.1. The van der Waals surface area contributed by atoms with E-state index < -0.39 is 0 Å². The second-order valence-corrected chi connectivity index (χ2v) is 5.77. The van der Waals surface area contributed by atoms with Crippen LogP contribution in [0.15, 0.2) is 11.4 Å². The average molecular weight is 294 g/mol. The predicted octanol–water partition coefficient (Wildman–Crippen LogP) is 1.50. The third-order valence-corrected chi connectivity index (χ3v) is 3.75. The Morgan fingerprint density at radius 2 is 2.20 bits per heavy atom. The minimum atomic E-state index is -0.165. The zero-order valence-electron chi connectivity index (χ0n) is 12.5. The van der Waals surface area contributed by atoms with Gasteiger partial charge < -0.3 is 14.9 Å². The van der Waals surface area contributed by atoms with Crippen LogP contribution in [0, 0.1) is 11.8 Å². The molecule has 0 radical (unpaired) electrons. The SMILES string of the molecule is CCN(C(=O)c1csc(C#CCO)c1)C(C)CN(C)C. The molecule has 1 atom stereocenters. The van der Waals surface area contributed by atoms with Crippen molar-refractivity contribution in [2.24, 2.45) is 0 Å². The molecule has 0 saturated carbocycles. The van der Waals surface area contributed by atoms with Gasteiger partial charge in [0.15, 0.2) is 0 Å². The lowest BCUT2D eigenvalue weighted by Crippen LogP contribution is -2.43. The van der Waals surface area contributed by atoms with E-state index in [9.17, 15) is 4.79 Å². The predicted molar refractivity (Wildman–Crippen MR) is 83.0 cm³/mol. The molecule has 1 heterocycles. The average Bonchev–Trinajstić information content (AvgIpc) is 2.84. The molecule has 1 aromatic rings. The molecule has 110 valence electrons. The van der Waals surface area contributed by atoms with Gasteiger partial charge in [0, 0.05) is 24.5 Å². The lowest BCUT2D eigenvalue weighted by atomic mass is 10.2. The monoisotopic (exact) mass is 294 g/mol. The van der Waals surface area contributed by atoms with Crippen LogP contribution in [0.5, 0.6) is 0 Å². The first-order valence-corrected chi connectivity index (χ1v) is 7.51. The van der Waals surface area contributed by atoms with E-state index in [1.807, 2.05) is 31.3 Å². The molecule has 1 unspecified atom stereocenters. The zero-order valence-corrected chi connectivity index (χ0v) is 13.3. The molecule has 1 aromatic heterocycles. The lowest BCUT2D eigenvalue weighted by molar-refractivity contribution is 0.0679. The summed E-state index contributed by atoms with van der Waals surface area (Å²) in [4.78, 5) is 17.2. The summed E-state index contributed by atoms with van der Waals surface area (Å²) < 4.78 is 0. The molecule has 1 rings (SSSR count). The Morgan fingerprint density at radius 1 is 1.50 bits per heavy atom. The van der Waals surface area contributed by atoms with E-state index in [0.717, 1.165) is 11.4 Å². The van der Waals surface area contributed by atoms with Gasteiger partial charge in [0.25, 0.3) is 5.91 Å². The van der Waals surface area contributed by atoms with Gasteiger partial charge in [0.2, 0.25) is 0 Å². The Labute approximate surface area is 125 Å². The minimum Gasteiger partial charge on any atom is -0.384 e. The number of thiophene rings is 1. The standard InChI is InChI=1S/C15H22N2O2S/c1-5-17(12(2)10-16(3)4)15(19)13-9-14(20-11-13)7-6-8-18/h9,11-12,18H,5,8,10H2,1-4H3. The van der Waals surface area contributed by atoms with Crippen LogP contribution in [0.25, 0.3) is 0 Å². The Morgan fingerprint density at radius 3 is 2.75 bits per heavy atom. The van der Waals surface area contributed by atoms with Crippen LogP contribution >= 0.6 is 11.3 Å². The highest BCUT2D eigenvalue weighted by molar-refractivity contribution is 7.10. The van der Waals surface area contributed by atoms with Crippen LogP contribution in [-0.4, -0.2) is 60.6 Å². The van der Waals surface area contributed by atoms with Gasteiger partial charge in [0.1, 0.15) is 6.61 Å². The lowest BCUT2D eigenvalue weighted by Gasteiger charge is -2.29. The Kier molecular flexibility index (Phi) is 6.73. The number of hydrogen-bond acceptors (Lipinski definition) is 4. The van der Waals surface area contributed by atoms with E-state index in [1.165, 1.54) is 11.3 Å². The number of carbonyl (C=O) groups is 1. The summed E-state index contributed by atoms with van der Waals surface area (Å²) in [5, 5.41) is 10.5. The normalized spacial score (nSPS) is 11.9. The summed E-state index contributed by atoms with van der Waals surface area (Å²) in [6, 6.07) is 1.95. The van der Waals surface area contributed by atoms with Gasteiger partial charge in [-0.05, 0) is 34.0 Å². The van der Waals surface area contributed by atoms with Crippen molar-refractivity contribution in [1.82, 2.24) is 9.80 Å². The molecular formula is C15H22N2O2S. The number of rotatable bonds is 5. The maximum atomic E-state index is 12.5. The van der Waals surface area contributed by atoms with Gasteiger partial charge in [-0.2, -0.15) is 0 Å². The van der Waals surface area contributed by atoms with Crippen molar-refractivity contribution < 1.29 is 9.90 Å². The summed E-state index contributed by atoms with van der Waals surface area (Å²) in [6.07, 6.45) is 0. The molecule has 0 aliphatic rings. The van der Waals surface area contributed by atoms with Crippen molar-refractivity contribution in [3.05, 3.63) is 21.9 Å². The van der Waals surface area contributed by atoms with E-state index in [0.29, 0.717) is 12.1 Å². The fraction of sp³-hybridized carbons (Fsp3) is 0.533. The quantitative estimate of drug-likeness (QED) is 0.837. The van der Waals surface area contributed by atoms with Gasteiger partial charge in [0.05, 0.1) is 10.4 Å². The van der Waals surface area contributed by atoms with Crippen LogP contribution in [0.4, 0.5) is 0 Å². The van der Waals surface area contributed by atoms with E-state index in [4.69, 9.17) is 5.11 Å². The first-order valence-electron chi connectivity index (χ1n) is 6.63. The van der Waals surface area contributed by atoms with E-state index in [-0.39, 0.29) is 18.6 Å². The number of likely N-dealkylation sites (N-methyl/N-ethyl adjacent to an activating group) is 2. The van der Waals surface area contributed by atoms with Crippen molar-refractivity contribution in [3.63, 3.8) is 0 Å². The Bertz CT molecular complexity index is 499. The molecule has 0 aromatic carbocycles. The van der Waals surface area contributed by atoms with Gasteiger partial charge in [-0.3, -0.25) is 4.79 Å². The van der Waals surface area contributed by atoms with Crippen molar-refractivity contribution in [3.8, 4) is 11.8 Å². The minimum absolute atomic E-state index is 0.0372. The molecule has 1 N–H and O–H groups in total. The van der Waals surface area contributed by atoms with Gasteiger partial charge >= 0.3 is 0 Å². The summed E-state index contributed by atoms with van der Waals surface area (Å²) >= 11 is 1.43.